The van der Waals surface area contributed by atoms with Crippen LogP contribution in [0.15, 0.2) is 29.6 Å². The van der Waals surface area contributed by atoms with Gasteiger partial charge in [0, 0.05) is 10.9 Å². The molecule has 2 heterocycles. The van der Waals surface area contributed by atoms with Crippen LogP contribution in [0, 0.1) is 11.6 Å². The molecule has 90 valence electrons. The number of hydrogen-bond acceptors (Lipinski definition) is 3. The number of halogens is 3. The van der Waals surface area contributed by atoms with Gasteiger partial charge in [-0.1, -0.05) is 11.6 Å². The van der Waals surface area contributed by atoms with Crippen molar-refractivity contribution in [1.82, 2.24) is 9.97 Å². The third-order valence-electron chi connectivity index (χ3n) is 2.46. The van der Waals surface area contributed by atoms with Crippen LogP contribution < -0.4 is 0 Å². The molecule has 0 bridgehead atoms. The summed E-state index contributed by atoms with van der Waals surface area (Å²) < 4.78 is 26.0. The molecular weight excluding hydrogens is 278 g/mol. The molecule has 0 aliphatic heterocycles. The van der Waals surface area contributed by atoms with Crippen LogP contribution in [0.1, 0.15) is 0 Å². The minimum absolute atomic E-state index is 0.286. The number of fused-ring (bicyclic) bond motifs is 1. The van der Waals surface area contributed by atoms with E-state index < -0.39 is 11.6 Å². The zero-order chi connectivity index (χ0) is 12.7. The van der Waals surface area contributed by atoms with E-state index in [0.717, 1.165) is 22.3 Å². The molecule has 1 aromatic carbocycles. The Balaban J connectivity index is 2.21. The fourth-order valence-corrected chi connectivity index (χ4v) is 2.64. The minimum atomic E-state index is -0.932. The Hall–Kier alpha value is -1.59. The van der Waals surface area contributed by atoms with E-state index in [-0.39, 0.29) is 5.82 Å². The second-order valence-electron chi connectivity index (χ2n) is 3.61. The molecule has 0 aliphatic carbocycles. The van der Waals surface area contributed by atoms with Crippen molar-refractivity contribution in [2.45, 2.75) is 0 Å². The van der Waals surface area contributed by atoms with Crippen molar-refractivity contribution in [3.63, 3.8) is 0 Å². The highest BCUT2D eigenvalue weighted by atomic mass is 35.5. The number of benzene rings is 1. The topological polar surface area (TPSA) is 25.8 Å². The summed E-state index contributed by atoms with van der Waals surface area (Å²) in [5.41, 5.74) is 0.395. The van der Waals surface area contributed by atoms with Gasteiger partial charge in [-0.3, -0.25) is 0 Å². The van der Waals surface area contributed by atoms with Gasteiger partial charge in [0.25, 0.3) is 0 Å². The van der Waals surface area contributed by atoms with Crippen molar-refractivity contribution in [3.05, 3.63) is 46.4 Å². The lowest BCUT2D eigenvalue weighted by Gasteiger charge is -2.02. The fraction of sp³-hybridized carbons (Fsp3) is 0. The van der Waals surface area contributed by atoms with Gasteiger partial charge in [0.2, 0.25) is 0 Å². The summed E-state index contributed by atoms with van der Waals surface area (Å²) >= 11 is 7.43. The maximum atomic E-state index is 13.2. The number of thiophene rings is 1. The average Bonchev–Trinajstić information content (AvgIpc) is 2.81. The molecule has 0 saturated heterocycles. The van der Waals surface area contributed by atoms with E-state index in [9.17, 15) is 8.78 Å². The SMILES string of the molecule is Fc1ccc(-c2nc(Cl)c3ccsc3n2)cc1F. The smallest absolute Gasteiger partial charge is 0.162 e. The van der Waals surface area contributed by atoms with E-state index in [1.807, 2.05) is 11.4 Å². The maximum absolute atomic E-state index is 13.2. The summed E-state index contributed by atoms with van der Waals surface area (Å²) in [4.78, 5) is 9.07. The summed E-state index contributed by atoms with van der Waals surface area (Å²) in [5.74, 6) is -1.55. The quantitative estimate of drug-likeness (QED) is 0.622. The van der Waals surface area contributed by atoms with Crippen LogP contribution >= 0.6 is 22.9 Å². The summed E-state index contributed by atoms with van der Waals surface area (Å²) in [6.07, 6.45) is 0. The van der Waals surface area contributed by atoms with E-state index >= 15 is 0 Å². The van der Waals surface area contributed by atoms with Crippen molar-refractivity contribution in [2.75, 3.05) is 0 Å². The molecule has 0 radical (unpaired) electrons. The molecule has 2 aromatic heterocycles. The largest absolute Gasteiger partial charge is 0.217 e. The predicted octanol–water partition coefficient (Wildman–Crippen LogP) is 4.29. The van der Waals surface area contributed by atoms with E-state index in [2.05, 4.69) is 9.97 Å². The van der Waals surface area contributed by atoms with Gasteiger partial charge >= 0.3 is 0 Å². The average molecular weight is 283 g/mol. The van der Waals surface area contributed by atoms with E-state index in [4.69, 9.17) is 11.6 Å². The molecule has 18 heavy (non-hydrogen) atoms. The zero-order valence-corrected chi connectivity index (χ0v) is 10.4. The Bertz CT molecular complexity index is 742. The molecule has 3 rings (SSSR count). The molecule has 0 unspecified atom stereocenters. The van der Waals surface area contributed by atoms with Gasteiger partial charge in [-0.2, -0.15) is 0 Å². The number of rotatable bonds is 1. The van der Waals surface area contributed by atoms with Gasteiger partial charge in [-0.25, -0.2) is 18.7 Å². The van der Waals surface area contributed by atoms with Crippen LogP contribution in [0.5, 0.6) is 0 Å². The summed E-state index contributed by atoms with van der Waals surface area (Å²) in [7, 11) is 0. The van der Waals surface area contributed by atoms with Crippen LogP contribution in [0.2, 0.25) is 5.15 Å². The van der Waals surface area contributed by atoms with Gasteiger partial charge < -0.3 is 0 Å². The molecule has 6 heteroatoms. The van der Waals surface area contributed by atoms with Gasteiger partial charge in [-0.05, 0) is 29.6 Å². The molecular formula is C12H5ClF2N2S. The third-order valence-corrected chi connectivity index (χ3v) is 3.55. The van der Waals surface area contributed by atoms with Crippen LogP contribution in [-0.4, -0.2) is 9.97 Å². The van der Waals surface area contributed by atoms with Crippen LogP contribution in [0.25, 0.3) is 21.6 Å². The summed E-state index contributed by atoms with van der Waals surface area (Å²) in [6.45, 7) is 0. The molecule has 0 aliphatic rings. The lowest BCUT2D eigenvalue weighted by atomic mass is 10.2. The highest BCUT2D eigenvalue weighted by Crippen LogP contribution is 2.28. The standard InChI is InChI=1S/C12H5ClF2N2S/c13-10-7-3-4-18-12(7)17-11(16-10)6-1-2-8(14)9(15)5-6/h1-5H. The van der Waals surface area contributed by atoms with Crippen LogP contribution in [0.3, 0.4) is 0 Å². The van der Waals surface area contributed by atoms with Gasteiger partial charge in [0.05, 0.1) is 0 Å². The van der Waals surface area contributed by atoms with Crippen molar-refractivity contribution in [3.8, 4) is 11.4 Å². The number of aromatic nitrogens is 2. The van der Waals surface area contributed by atoms with Crippen molar-refractivity contribution in [1.29, 1.82) is 0 Å². The van der Waals surface area contributed by atoms with E-state index in [1.165, 1.54) is 17.4 Å². The van der Waals surface area contributed by atoms with Gasteiger partial charge in [-0.15, -0.1) is 11.3 Å². The second-order valence-corrected chi connectivity index (χ2v) is 4.86. The highest BCUT2D eigenvalue weighted by Gasteiger charge is 2.11. The monoisotopic (exact) mass is 282 g/mol. The molecule has 2 nitrogen and oxygen atoms in total. The van der Waals surface area contributed by atoms with Crippen molar-refractivity contribution >= 4 is 33.2 Å². The Kier molecular flexibility index (Phi) is 2.72. The van der Waals surface area contributed by atoms with E-state index in [1.54, 1.807) is 0 Å². The lowest BCUT2D eigenvalue weighted by molar-refractivity contribution is 0.509. The zero-order valence-electron chi connectivity index (χ0n) is 8.82. The Morgan fingerprint density at radius 1 is 1.06 bits per heavy atom. The second kappa shape index (κ2) is 4.26. The Morgan fingerprint density at radius 3 is 2.67 bits per heavy atom. The fourth-order valence-electron chi connectivity index (χ4n) is 1.58. The maximum Gasteiger partial charge on any atom is 0.162 e. The predicted molar refractivity (Wildman–Crippen MR) is 67.8 cm³/mol. The highest BCUT2D eigenvalue weighted by molar-refractivity contribution is 7.16. The summed E-state index contributed by atoms with van der Waals surface area (Å²) in [5, 5.41) is 2.91. The molecule has 3 aromatic rings. The Labute approximate surface area is 110 Å². The van der Waals surface area contributed by atoms with Gasteiger partial charge in [0.1, 0.15) is 9.98 Å². The Morgan fingerprint density at radius 2 is 1.89 bits per heavy atom. The van der Waals surface area contributed by atoms with Crippen LogP contribution in [-0.2, 0) is 0 Å². The van der Waals surface area contributed by atoms with Crippen molar-refractivity contribution in [2.24, 2.45) is 0 Å². The number of nitrogens with zero attached hydrogens (tertiary/aromatic N) is 2. The van der Waals surface area contributed by atoms with Crippen molar-refractivity contribution < 1.29 is 8.78 Å². The lowest BCUT2D eigenvalue weighted by Crippen LogP contribution is -1.92. The number of hydrogen-bond donors (Lipinski definition) is 0. The summed E-state index contributed by atoms with van der Waals surface area (Å²) in [6, 6.07) is 5.34. The van der Waals surface area contributed by atoms with E-state index in [0.29, 0.717) is 10.7 Å². The molecule has 0 atom stereocenters. The normalized spacial score (nSPS) is 11.1. The minimum Gasteiger partial charge on any atom is -0.217 e. The molecule has 0 spiro atoms. The van der Waals surface area contributed by atoms with Gasteiger partial charge in [0.15, 0.2) is 17.5 Å². The molecule has 0 saturated carbocycles. The first-order valence-electron chi connectivity index (χ1n) is 5.01. The van der Waals surface area contributed by atoms with Crippen LogP contribution in [0.4, 0.5) is 8.78 Å². The first-order valence-corrected chi connectivity index (χ1v) is 6.27. The third kappa shape index (κ3) is 1.85. The molecule has 0 N–H and O–H groups in total. The molecule has 0 fully saturated rings. The molecule has 0 amide bonds. The first kappa shape index (κ1) is 11.5. The first-order chi connectivity index (χ1) is 8.65.